The van der Waals surface area contributed by atoms with Gasteiger partial charge in [-0.2, -0.15) is 0 Å². The zero-order valence-electron chi connectivity index (χ0n) is 12.8. The molecule has 0 saturated carbocycles. The molecule has 3 N–H and O–H groups in total. The van der Waals surface area contributed by atoms with Crippen LogP contribution in [0, 0.1) is 5.82 Å². The van der Waals surface area contributed by atoms with E-state index in [9.17, 15) is 9.18 Å². The number of anilines is 1. The Hall–Kier alpha value is -3.02. The predicted octanol–water partition coefficient (Wildman–Crippen LogP) is 3.26. The van der Waals surface area contributed by atoms with Gasteiger partial charge in [0.05, 0.1) is 5.69 Å². The van der Waals surface area contributed by atoms with E-state index in [1.165, 1.54) is 12.1 Å². The Morgan fingerprint density at radius 3 is 3.00 bits per heavy atom. The first-order chi connectivity index (χ1) is 11.7. The number of para-hydroxylation sites is 2. The van der Waals surface area contributed by atoms with Crippen LogP contribution < -0.4 is 15.4 Å². The average Bonchev–Trinajstić information content (AvgIpc) is 2.88. The van der Waals surface area contributed by atoms with E-state index in [-0.39, 0.29) is 11.7 Å². The smallest absolute Gasteiger partial charge is 0.270 e. The Kier molecular flexibility index (Phi) is 3.57. The predicted molar refractivity (Wildman–Crippen MR) is 89.7 cm³/mol. The lowest BCUT2D eigenvalue weighted by Crippen LogP contribution is -2.39. The summed E-state index contributed by atoms with van der Waals surface area (Å²) in [5.41, 5.74) is 2.01. The first-order valence-corrected chi connectivity index (χ1v) is 7.78. The summed E-state index contributed by atoms with van der Waals surface area (Å²) in [5, 5.41) is 6.80. The van der Waals surface area contributed by atoms with Crippen molar-refractivity contribution in [3.63, 3.8) is 0 Å². The van der Waals surface area contributed by atoms with E-state index < -0.39 is 6.23 Å². The second-order valence-electron chi connectivity index (χ2n) is 5.71. The van der Waals surface area contributed by atoms with E-state index in [4.69, 9.17) is 4.74 Å². The zero-order valence-corrected chi connectivity index (χ0v) is 12.8. The number of benzene rings is 2. The number of nitrogens with one attached hydrogen (secondary N) is 3. The highest BCUT2D eigenvalue weighted by molar-refractivity contribution is 5.98. The van der Waals surface area contributed by atoms with Crippen molar-refractivity contribution >= 4 is 22.5 Å². The number of hydrogen-bond acceptors (Lipinski definition) is 3. The molecule has 1 aliphatic heterocycles. The highest BCUT2D eigenvalue weighted by Gasteiger charge is 2.20. The summed E-state index contributed by atoms with van der Waals surface area (Å²) in [6.07, 6.45) is 0.201. The van der Waals surface area contributed by atoms with Crippen molar-refractivity contribution in [2.24, 2.45) is 0 Å². The van der Waals surface area contributed by atoms with Gasteiger partial charge in [0, 0.05) is 23.9 Å². The molecule has 0 bridgehead atoms. The number of halogens is 1. The van der Waals surface area contributed by atoms with Crippen molar-refractivity contribution in [3.8, 4) is 5.75 Å². The van der Waals surface area contributed by atoms with Gasteiger partial charge in [-0.1, -0.05) is 12.1 Å². The molecule has 1 aromatic heterocycles. The van der Waals surface area contributed by atoms with Gasteiger partial charge < -0.3 is 20.4 Å². The molecule has 1 unspecified atom stereocenters. The van der Waals surface area contributed by atoms with Crippen molar-refractivity contribution in [3.05, 3.63) is 60.0 Å². The molecule has 6 heteroatoms. The van der Waals surface area contributed by atoms with Crippen molar-refractivity contribution in [1.82, 2.24) is 10.3 Å². The van der Waals surface area contributed by atoms with Crippen LogP contribution in [0.25, 0.3) is 10.9 Å². The summed E-state index contributed by atoms with van der Waals surface area (Å²) in [4.78, 5) is 15.5. The van der Waals surface area contributed by atoms with Gasteiger partial charge in [-0.3, -0.25) is 4.79 Å². The molecular weight excluding hydrogens is 309 g/mol. The van der Waals surface area contributed by atoms with E-state index >= 15 is 0 Å². The summed E-state index contributed by atoms with van der Waals surface area (Å²) in [6.45, 7) is 0.694. The van der Waals surface area contributed by atoms with Gasteiger partial charge in [0.1, 0.15) is 17.3 Å². The molecule has 5 nitrogen and oxygen atoms in total. The quantitative estimate of drug-likeness (QED) is 0.677. The third-order valence-corrected chi connectivity index (χ3v) is 4.00. The van der Waals surface area contributed by atoms with Crippen molar-refractivity contribution in [1.29, 1.82) is 0 Å². The third kappa shape index (κ3) is 2.78. The van der Waals surface area contributed by atoms with Crippen LogP contribution in [-0.4, -0.2) is 23.7 Å². The summed E-state index contributed by atoms with van der Waals surface area (Å²) >= 11 is 0. The van der Waals surface area contributed by atoms with Crippen LogP contribution in [0.3, 0.4) is 0 Å². The Balaban J connectivity index is 1.52. The number of carbonyl (C=O) groups excluding carboxylic acids is 1. The molecule has 1 aliphatic rings. The lowest BCUT2D eigenvalue weighted by atomic mass is 10.2. The van der Waals surface area contributed by atoms with Gasteiger partial charge in [-0.25, -0.2) is 4.39 Å². The van der Waals surface area contributed by atoms with Crippen LogP contribution in [0.5, 0.6) is 5.75 Å². The molecule has 122 valence electrons. The minimum absolute atomic E-state index is 0.281. The molecule has 3 aromatic rings. The SMILES string of the molecule is O=C(NC1CCNc2ccccc2O1)c1cc2cc(F)ccc2[nH]1. The maximum absolute atomic E-state index is 13.3. The van der Waals surface area contributed by atoms with E-state index in [0.29, 0.717) is 29.8 Å². The number of aromatic amines is 1. The molecule has 1 amide bonds. The summed E-state index contributed by atoms with van der Waals surface area (Å²) < 4.78 is 19.1. The van der Waals surface area contributed by atoms with Crippen molar-refractivity contribution in [2.75, 3.05) is 11.9 Å². The molecule has 2 aromatic carbocycles. The summed E-state index contributed by atoms with van der Waals surface area (Å²) in [6, 6.07) is 13.6. The molecule has 1 atom stereocenters. The standard InChI is InChI=1S/C18H16FN3O2/c19-12-5-6-13-11(9-12)10-15(21-13)18(23)22-17-7-8-20-14-3-1-2-4-16(14)24-17/h1-6,9-10,17,20-21H,7-8H2,(H,22,23). The third-order valence-electron chi connectivity index (χ3n) is 4.00. The summed E-state index contributed by atoms with van der Waals surface area (Å²) in [7, 11) is 0. The fraction of sp³-hybridized carbons (Fsp3) is 0.167. The molecule has 0 spiro atoms. The van der Waals surface area contributed by atoms with Crippen LogP contribution in [0.15, 0.2) is 48.5 Å². The normalized spacial score (nSPS) is 16.6. The first-order valence-electron chi connectivity index (χ1n) is 7.78. The summed E-state index contributed by atoms with van der Waals surface area (Å²) in [5.74, 6) is 0.0956. The molecule has 4 rings (SSSR count). The molecule has 0 aliphatic carbocycles. The molecular formula is C18H16FN3O2. The number of hydrogen-bond donors (Lipinski definition) is 3. The maximum atomic E-state index is 13.3. The van der Waals surface area contributed by atoms with E-state index in [1.807, 2.05) is 24.3 Å². The number of rotatable bonds is 2. The van der Waals surface area contributed by atoms with Crippen LogP contribution >= 0.6 is 0 Å². The number of amides is 1. The minimum Gasteiger partial charge on any atom is -0.468 e. The van der Waals surface area contributed by atoms with E-state index in [0.717, 1.165) is 11.2 Å². The first kappa shape index (κ1) is 14.6. The molecule has 0 radical (unpaired) electrons. The van der Waals surface area contributed by atoms with Crippen molar-refractivity contribution in [2.45, 2.75) is 12.6 Å². The Labute approximate surface area is 137 Å². The number of fused-ring (bicyclic) bond motifs is 2. The number of aromatic nitrogens is 1. The van der Waals surface area contributed by atoms with Crippen LogP contribution in [0.4, 0.5) is 10.1 Å². The van der Waals surface area contributed by atoms with Gasteiger partial charge in [-0.15, -0.1) is 0 Å². The van der Waals surface area contributed by atoms with Crippen LogP contribution in [-0.2, 0) is 0 Å². The highest BCUT2D eigenvalue weighted by atomic mass is 19.1. The Morgan fingerprint density at radius 2 is 2.08 bits per heavy atom. The fourth-order valence-corrected chi connectivity index (χ4v) is 2.82. The average molecular weight is 325 g/mol. The van der Waals surface area contributed by atoms with E-state index in [2.05, 4.69) is 15.6 Å². The van der Waals surface area contributed by atoms with Gasteiger partial charge in [0.25, 0.3) is 5.91 Å². The van der Waals surface area contributed by atoms with E-state index in [1.54, 1.807) is 12.1 Å². The topological polar surface area (TPSA) is 66.2 Å². The Bertz CT molecular complexity index is 906. The molecule has 0 saturated heterocycles. The number of H-pyrrole nitrogens is 1. The zero-order chi connectivity index (χ0) is 16.5. The van der Waals surface area contributed by atoms with Gasteiger partial charge in [0.15, 0.2) is 6.23 Å². The Morgan fingerprint density at radius 1 is 1.21 bits per heavy atom. The van der Waals surface area contributed by atoms with Gasteiger partial charge in [0.2, 0.25) is 0 Å². The van der Waals surface area contributed by atoms with Crippen LogP contribution in [0.2, 0.25) is 0 Å². The largest absolute Gasteiger partial charge is 0.468 e. The number of ether oxygens (including phenoxy) is 1. The molecule has 24 heavy (non-hydrogen) atoms. The van der Waals surface area contributed by atoms with Gasteiger partial charge >= 0.3 is 0 Å². The van der Waals surface area contributed by atoms with Gasteiger partial charge in [-0.05, 0) is 36.4 Å². The lowest BCUT2D eigenvalue weighted by Gasteiger charge is -2.17. The maximum Gasteiger partial charge on any atom is 0.270 e. The fourth-order valence-electron chi connectivity index (χ4n) is 2.82. The minimum atomic E-state index is -0.434. The monoisotopic (exact) mass is 325 g/mol. The second kappa shape index (κ2) is 5.88. The highest BCUT2D eigenvalue weighted by Crippen LogP contribution is 2.27. The number of carbonyl (C=O) groups is 1. The van der Waals surface area contributed by atoms with Crippen LogP contribution in [0.1, 0.15) is 16.9 Å². The van der Waals surface area contributed by atoms with Crippen molar-refractivity contribution < 1.29 is 13.9 Å². The molecule has 2 heterocycles. The second-order valence-corrected chi connectivity index (χ2v) is 5.71. The molecule has 0 fully saturated rings. The lowest BCUT2D eigenvalue weighted by molar-refractivity contribution is 0.0822.